The Balaban J connectivity index is 2.68. The number of hydrogen-bond acceptors (Lipinski definition) is 2. The van der Waals surface area contributed by atoms with E-state index in [-0.39, 0.29) is 6.42 Å². The fourth-order valence-electron chi connectivity index (χ4n) is 1.68. The summed E-state index contributed by atoms with van der Waals surface area (Å²) in [6.45, 7) is 5.24. The van der Waals surface area contributed by atoms with Crippen LogP contribution >= 0.6 is 0 Å². The van der Waals surface area contributed by atoms with Gasteiger partial charge in [-0.25, -0.2) is 0 Å². The lowest BCUT2D eigenvalue weighted by Gasteiger charge is -2.29. The van der Waals surface area contributed by atoms with Crippen LogP contribution in [0.2, 0.25) is 0 Å². The first-order chi connectivity index (χ1) is 6.55. The third-order valence-electron chi connectivity index (χ3n) is 2.35. The van der Waals surface area contributed by atoms with E-state index in [0.717, 1.165) is 0 Å². The quantitative estimate of drug-likeness (QED) is 0.690. The molecule has 14 heavy (non-hydrogen) atoms. The van der Waals surface area contributed by atoms with E-state index in [4.69, 9.17) is 0 Å². The highest BCUT2D eigenvalue weighted by Gasteiger charge is 2.43. The van der Waals surface area contributed by atoms with Gasteiger partial charge in [-0.3, -0.25) is 4.90 Å². The molecule has 1 unspecified atom stereocenters. The van der Waals surface area contributed by atoms with Crippen LogP contribution in [0.1, 0.15) is 6.42 Å². The third-order valence-corrected chi connectivity index (χ3v) is 2.35. The van der Waals surface area contributed by atoms with E-state index in [2.05, 4.69) is 11.9 Å². The molecule has 1 saturated heterocycles. The summed E-state index contributed by atoms with van der Waals surface area (Å²) >= 11 is 0. The second-order valence-electron chi connectivity index (χ2n) is 3.38. The van der Waals surface area contributed by atoms with Crippen molar-refractivity contribution in [2.24, 2.45) is 0 Å². The number of nitrogens with zero attached hydrogens (tertiary/aromatic N) is 1. The van der Waals surface area contributed by atoms with Gasteiger partial charge in [0.05, 0.1) is 0 Å². The average molecular weight is 208 g/mol. The van der Waals surface area contributed by atoms with Gasteiger partial charge in [-0.15, -0.1) is 6.58 Å². The highest BCUT2D eigenvalue weighted by Crippen LogP contribution is 2.27. The van der Waals surface area contributed by atoms with Crippen LogP contribution in [-0.4, -0.2) is 43.3 Å². The van der Waals surface area contributed by atoms with Crippen LogP contribution in [0.4, 0.5) is 13.2 Å². The second kappa shape index (κ2) is 4.79. The van der Waals surface area contributed by atoms with Crippen molar-refractivity contribution in [3.63, 3.8) is 0 Å². The molecule has 1 fully saturated rings. The molecule has 0 aromatic carbocycles. The molecular weight excluding hydrogens is 193 g/mol. The summed E-state index contributed by atoms with van der Waals surface area (Å²) in [7, 11) is 0. The molecule has 82 valence electrons. The number of alkyl halides is 3. The zero-order valence-corrected chi connectivity index (χ0v) is 7.98. The van der Waals surface area contributed by atoms with Crippen LogP contribution in [0.15, 0.2) is 12.7 Å². The predicted molar refractivity (Wildman–Crippen MR) is 49.1 cm³/mol. The van der Waals surface area contributed by atoms with Gasteiger partial charge < -0.3 is 5.32 Å². The molecule has 1 rings (SSSR count). The van der Waals surface area contributed by atoms with Crippen molar-refractivity contribution in [2.75, 3.05) is 26.2 Å². The van der Waals surface area contributed by atoms with Crippen LogP contribution in [0.5, 0.6) is 0 Å². The summed E-state index contributed by atoms with van der Waals surface area (Å²) in [5, 5.41) is 2.96. The summed E-state index contributed by atoms with van der Waals surface area (Å²) in [5.41, 5.74) is 0. The summed E-state index contributed by atoms with van der Waals surface area (Å²) in [5.74, 6) is 0. The Bertz CT molecular complexity index is 191. The minimum absolute atomic E-state index is 0.122. The number of rotatable bonds is 2. The molecule has 0 amide bonds. The standard InChI is InChI=1S/C9H15F3N2/c1-2-6-14-7-5-13-4-3-8(14)9(10,11)12/h2,8,13H,1,3-7H2. The van der Waals surface area contributed by atoms with Crippen molar-refractivity contribution in [3.8, 4) is 0 Å². The SMILES string of the molecule is C=CCN1CCNCCC1C(F)(F)F. The second-order valence-corrected chi connectivity index (χ2v) is 3.38. The molecule has 1 heterocycles. The zero-order valence-electron chi connectivity index (χ0n) is 7.98. The van der Waals surface area contributed by atoms with Crippen molar-refractivity contribution in [1.82, 2.24) is 10.2 Å². The zero-order chi connectivity index (χ0) is 10.6. The number of hydrogen-bond donors (Lipinski definition) is 1. The number of nitrogens with one attached hydrogen (secondary N) is 1. The fourth-order valence-corrected chi connectivity index (χ4v) is 1.68. The Hall–Kier alpha value is -0.550. The van der Waals surface area contributed by atoms with Crippen molar-refractivity contribution < 1.29 is 13.2 Å². The molecule has 0 bridgehead atoms. The first-order valence-electron chi connectivity index (χ1n) is 4.68. The molecular formula is C9H15F3N2. The van der Waals surface area contributed by atoms with Gasteiger partial charge in [-0.2, -0.15) is 13.2 Å². The van der Waals surface area contributed by atoms with Crippen molar-refractivity contribution >= 4 is 0 Å². The number of halogens is 3. The van der Waals surface area contributed by atoms with E-state index in [1.165, 1.54) is 11.0 Å². The lowest BCUT2D eigenvalue weighted by molar-refractivity contribution is -0.181. The molecule has 0 saturated carbocycles. The summed E-state index contributed by atoms with van der Waals surface area (Å²) in [6.07, 6.45) is -2.49. The molecule has 0 aromatic heterocycles. The Kier molecular flexibility index (Phi) is 3.95. The van der Waals surface area contributed by atoms with Crippen LogP contribution in [-0.2, 0) is 0 Å². The molecule has 1 N–H and O–H groups in total. The van der Waals surface area contributed by atoms with Crippen molar-refractivity contribution in [1.29, 1.82) is 0 Å². The van der Waals surface area contributed by atoms with E-state index >= 15 is 0 Å². The molecule has 0 spiro atoms. The van der Waals surface area contributed by atoms with Gasteiger partial charge in [0, 0.05) is 19.6 Å². The molecule has 0 aliphatic carbocycles. The van der Waals surface area contributed by atoms with Gasteiger partial charge in [-0.1, -0.05) is 6.08 Å². The van der Waals surface area contributed by atoms with E-state index in [1.54, 1.807) is 0 Å². The monoisotopic (exact) mass is 208 g/mol. The lowest BCUT2D eigenvalue weighted by Crippen LogP contribution is -2.46. The summed E-state index contributed by atoms with van der Waals surface area (Å²) in [4.78, 5) is 1.42. The maximum Gasteiger partial charge on any atom is 0.404 e. The van der Waals surface area contributed by atoms with Crippen LogP contribution in [0.25, 0.3) is 0 Å². The molecule has 1 aliphatic heterocycles. The van der Waals surface area contributed by atoms with Gasteiger partial charge >= 0.3 is 6.18 Å². The molecule has 1 aliphatic rings. The molecule has 2 nitrogen and oxygen atoms in total. The summed E-state index contributed by atoms with van der Waals surface area (Å²) in [6, 6.07) is -1.32. The van der Waals surface area contributed by atoms with Crippen LogP contribution in [0.3, 0.4) is 0 Å². The predicted octanol–water partition coefficient (Wildman–Crippen LogP) is 1.40. The van der Waals surface area contributed by atoms with E-state index in [0.29, 0.717) is 26.2 Å². The molecule has 1 atom stereocenters. The smallest absolute Gasteiger partial charge is 0.315 e. The molecule has 0 aromatic rings. The Labute approximate surface area is 81.8 Å². The minimum Gasteiger partial charge on any atom is -0.315 e. The van der Waals surface area contributed by atoms with Gasteiger partial charge in [0.15, 0.2) is 0 Å². The fraction of sp³-hybridized carbons (Fsp3) is 0.778. The van der Waals surface area contributed by atoms with E-state index < -0.39 is 12.2 Å². The maximum absolute atomic E-state index is 12.6. The van der Waals surface area contributed by atoms with Crippen molar-refractivity contribution in [2.45, 2.75) is 18.6 Å². The first kappa shape index (κ1) is 11.5. The minimum atomic E-state index is -4.13. The normalized spacial score (nSPS) is 25.8. The Morgan fingerprint density at radius 3 is 2.71 bits per heavy atom. The Morgan fingerprint density at radius 2 is 2.14 bits per heavy atom. The topological polar surface area (TPSA) is 15.3 Å². The largest absolute Gasteiger partial charge is 0.404 e. The molecule has 5 heteroatoms. The van der Waals surface area contributed by atoms with Crippen LogP contribution < -0.4 is 5.32 Å². The van der Waals surface area contributed by atoms with Crippen LogP contribution in [0, 0.1) is 0 Å². The maximum atomic E-state index is 12.6. The van der Waals surface area contributed by atoms with E-state index in [9.17, 15) is 13.2 Å². The Morgan fingerprint density at radius 1 is 1.43 bits per heavy atom. The first-order valence-corrected chi connectivity index (χ1v) is 4.68. The van der Waals surface area contributed by atoms with E-state index in [1.807, 2.05) is 0 Å². The van der Waals surface area contributed by atoms with Gasteiger partial charge in [0.1, 0.15) is 6.04 Å². The average Bonchev–Trinajstić information content (AvgIpc) is 2.29. The summed E-state index contributed by atoms with van der Waals surface area (Å²) < 4.78 is 37.8. The third kappa shape index (κ3) is 2.99. The highest BCUT2D eigenvalue weighted by molar-refractivity contribution is 4.86. The highest BCUT2D eigenvalue weighted by atomic mass is 19.4. The van der Waals surface area contributed by atoms with Gasteiger partial charge in [0.25, 0.3) is 0 Å². The lowest BCUT2D eigenvalue weighted by atomic mass is 10.1. The molecule has 0 radical (unpaired) electrons. The van der Waals surface area contributed by atoms with Gasteiger partial charge in [0.2, 0.25) is 0 Å². The van der Waals surface area contributed by atoms with Crippen molar-refractivity contribution in [3.05, 3.63) is 12.7 Å². The van der Waals surface area contributed by atoms with Gasteiger partial charge in [-0.05, 0) is 13.0 Å².